The maximum Gasteiger partial charge on any atom is 0 e. The van der Waals surface area contributed by atoms with Gasteiger partial charge < -0.3 is 6.42 Å². The van der Waals surface area contributed by atoms with Gasteiger partial charge in [0.25, 0.3) is 0 Å². The first-order chi connectivity index (χ1) is 10.3. The largest absolute Gasteiger partial charge is 0.335 e. The number of rotatable bonds is 1. The molecule has 0 saturated heterocycles. The van der Waals surface area contributed by atoms with Crippen molar-refractivity contribution in [1.29, 1.82) is 0 Å². The molecule has 0 unspecified atom stereocenters. The summed E-state index contributed by atoms with van der Waals surface area (Å²) in [5.41, 5.74) is 6.81. The first-order valence-corrected chi connectivity index (χ1v) is 7.56. The Kier molecular flexibility index (Phi) is 6.14. The van der Waals surface area contributed by atoms with Gasteiger partial charge >= 0.3 is 0 Å². The molecular weight excluding hydrogens is 431 g/mol. The number of hydrogen-bond acceptors (Lipinski definition) is 0. The van der Waals surface area contributed by atoms with E-state index >= 15 is 0 Å². The number of fused-ring (bicyclic) bond motifs is 3. The Morgan fingerprint density at radius 2 is 1.64 bits per heavy atom. The zero-order chi connectivity index (χ0) is 14.7. The second-order valence-corrected chi connectivity index (χ2v) is 5.51. The van der Waals surface area contributed by atoms with Crippen LogP contribution in [0.4, 0.5) is 0 Å². The minimum atomic E-state index is 0. The molecule has 0 radical (unpaired) electrons. The number of hydrogen-bond donors (Lipinski definition) is 0. The van der Waals surface area contributed by atoms with Crippen LogP contribution in [0.15, 0.2) is 60.7 Å². The Morgan fingerprint density at radius 1 is 0.955 bits per heavy atom. The van der Waals surface area contributed by atoms with Crippen LogP contribution in [0.3, 0.4) is 0 Å². The molecule has 22 heavy (non-hydrogen) atoms. The van der Waals surface area contributed by atoms with Crippen molar-refractivity contribution in [2.24, 2.45) is 0 Å². The SMILES string of the molecule is C[CH-]C.[Hf].[c-]1c(C2C=CC=C2)ccc2c1Cc1ccccc1-2. The van der Waals surface area contributed by atoms with Crippen LogP contribution in [0.1, 0.15) is 36.5 Å². The zero-order valence-corrected chi connectivity index (χ0v) is 16.7. The molecule has 2 aromatic carbocycles. The molecule has 1 heteroatoms. The summed E-state index contributed by atoms with van der Waals surface area (Å²) in [6.07, 6.45) is 11.7. The molecule has 4 rings (SSSR count). The Morgan fingerprint density at radius 3 is 2.36 bits per heavy atom. The predicted octanol–water partition coefficient (Wildman–Crippen LogP) is 5.50. The summed E-state index contributed by atoms with van der Waals surface area (Å²) in [5, 5.41) is 0. The van der Waals surface area contributed by atoms with Crippen LogP contribution in [0.25, 0.3) is 11.1 Å². The molecule has 0 amide bonds. The van der Waals surface area contributed by atoms with Gasteiger partial charge in [0.1, 0.15) is 0 Å². The fourth-order valence-electron chi connectivity index (χ4n) is 2.91. The monoisotopic (exact) mass is 452 g/mol. The van der Waals surface area contributed by atoms with Gasteiger partial charge in [0.05, 0.1) is 0 Å². The third-order valence-corrected chi connectivity index (χ3v) is 3.83. The summed E-state index contributed by atoms with van der Waals surface area (Å²) in [6.45, 7) is 4.00. The maximum absolute atomic E-state index is 3.61. The summed E-state index contributed by atoms with van der Waals surface area (Å²) in [4.78, 5) is 0. The minimum Gasteiger partial charge on any atom is -0.335 e. The quantitative estimate of drug-likeness (QED) is 0.339. The second kappa shape index (κ2) is 7.87. The van der Waals surface area contributed by atoms with Crippen LogP contribution >= 0.6 is 0 Å². The molecule has 0 fully saturated rings. The number of benzene rings is 2. The van der Waals surface area contributed by atoms with E-state index in [-0.39, 0.29) is 25.8 Å². The topological polar surface area (TPSA) is 0 Å². The van der Waals surface area contributed by atoms with Gasteiger partial charge in [-0.1, -0.05) is 59.7 Å². The standard InChI is InChI=1S/C18H13.C3H7.Hf/c1-2-6-13(5-1)14-9-10-18-16(11-14)12-15-7-3-4-8-17(15)18;1-3-2;/h1-10,13H,12H2;3H,1-2H3;/q2*-1;. The van der Waals surface area contributed by atoms with E-state index in [0.717, 1.165) is 6.42 Å². The summed E-state index contributed by atoms with van der Waals surface area (Å²) < 4.78 is 0. The van der Waals surface area contributed by atoms with Crippen LogP contribution in [-0.4, -0.2) is 0 Å². The molecule has 0 heterocycles. The van der Waals surface area contributed by atoms with E-state index < -0.39 is 0 Å². The van der Waals surface area contributed by atoms with E-state index in [4.69, 9.17) is 0 Å². The third-order valence-electron chi connectivity index (χ3n) is 3.83. The van der Waals surface area contributed by atoms with Crippen LogP contribution in [0, 0.1) is 12.5 Å². The van der Waals surface area contributed by atoms with Gasteiger partial charge in [0.15, 0.2) is 0 Å². The Labute approximate surface area is 152 Å². The molecule has 0 spiro atoms. The van der Waals surface area contributed by atoms with Gasteiger partial charge in [0, 0.05) is 25.8 Å². The average Bonchev–Trinajstić information content (AvgIpc) is 3.15. The fraction of sp³-hybridized carbons (Fsp3) is 0.190. The summed E-state index contributed by atoms with van der Waals surface area (Å²) in [6, 6.07) is 16.7. The van der Waals surface area contributed by atoms with E-state index in [1.54, 1.807) is 0 Å². The molecule has 2 aliphatic rings. The normalized spacial score (nSPS) is 13.9. The third kappa shape index (κ3) is 3.41. The smallest absolute Gasteiger partial charge is 0 e. The number of allylic oxidation sites excluding steroid dienone is 4. The molecule has 0 nitrogen and oxygen atoms in total. The van der Waals surface area contributed by atoms with Gasteiger partial charge in [-0.05, 0) is 12.3 Å². The summed E-state index contributed by atoms with van der Waals surface area (Å²) >= 11 is 0. The average molecular weight is 451 g/mol. The molecule has 0 bridgehead atoms. The van der Waals surface area contributed by atoms with Gasteiger partial charge in [0.2, 0.25) is 0 Å². The molecule has 0 saturated carbocycles. The van der Waals surface area contributed by atoms with E-state index in [1.807, 2.05) is 20.3 Å². The van der Waals surface area contributed by atoms with Crippen LogP contribution in [0.5, 0.6) is 0 Å². The van der Waals surface area contributed by atoms with Crippen molar-refractivity contribution in [1.82, 2.24) is 0 Å². The van der Waals surface area contributed by atoms with Crippen molar-refractivity contribution in [3.05, 3.63) is 89.9 Å². The van der Waals surface area contributed by atoms with Gasteiger partial charge in [-0.15, -0.1) is 11.1 Å². The second-order valence-electron chi connectivity index (χ2n) is 5.51. The predicted molar refractivity (Wildman–Crippen MR) is 90.2 cm³/mol. The van der Waals surface area contributed by atoms with Gasteiger partial charge in [-0.2, -0.15) is 37.6 Å². The molecule has 2 aliphatic carbocycles. The molecule has 0 aromatic heterocycles. The molecule has 0 aliphatic heterocycles. The molecule has 0 N–H and O–H groups in total. The van der Waals surface area contributed by atoms with E-state index in [9.17, 15) is 0 Å². The fourth-order valence-corrected chi connectivity index (χ4v) is 2.91. The summed E-state index contributed by atoms with van der Waals surface area (Å²) in [7, 11) is 0. The minimum absolute atomic E-state index is 0. The molecule has 0 atom stereocenters. The maximum atomic E-state index is 3.61. The first-order valence-electron chi connectivity index (χ1n) is 7.56. The van der Waals surface area contributed by atoms with Crippen molar-refractivity contribution in [2.45, 2.75) is 26.2 Å². The Balaban J connectivity index is 0.000000411. The molecule has 110 valence electrons. The molecule has 2 aromatic rings. The van der Waals surface area contributed by atoms with Crippen molar-refractivity contribution >= 4 is 0 Å². The van der Waals surface area contributed by atoms with E-state index in [1.165, 1.54) is 27.8 Å². The van der Waals surface area contributed by atoms with Crippen LogP contribution < -0.4 is 0 Å². The summed E-state index contributed by atoms with van der Waals surface area (Å²) in [5.74, 6) is 0.416. The van der Waals surface area contributed by atoms with Crippen molar-refractivity contribution in [2.75, 3.05) is 0 Å². The Hall–Kier alpha value is -1.21. The van der Waals surface area contributed by atoms with Crippen LogP contribution in [0.2, 0.25) is 0 Å². The van der Waals surface area contributed by atoms with E-state index in [2.05, 4.69) is 66.8 Å². The van der Waals surface area contributed by atoms with Gasteiger partial charge in [-0.25, -0.2) is 0 Å². The molecular formula is C21H20Hf-2. The first kappa shape index (κ1) is 17.1. The van der Waals surface area contributed by atoms with E-state index in [0.29, 0.717) is 5.92 Å². The van der Waals surface area contributed by atoms with Crippen molar-refractivity contribution in [3.8, 4) is 11.1 Å². The van der Waals surface area contributed by atoms with Crippen molar-refractivity contribution in [3.63, 3.8) is 0 Å². The van der Waals surface area contributed by atoms with Gasteiger partial charge in [-0.3, -0.25) is 0 Å². The zero-order valence-electron chi connectivity index (χ0n) is 13.1. The Bertz CT molecular complexity index is 683. The van der Waals surface area contributed by atoms with Crippen molar-refractivity contribution < 1.29 is 25.8 Å². The van der Waals surface area contributed by atoms with Crippen LogP contribution in [-0.2, 0) is 32.3 Å².